The van der Waals surface area contributed by atoms with E-state index in [1.807, 2.05) is 91.1 Å². The average molecular weight is 410 g/mol. The van der Waals surface area contributed by atoms with Crippen molar-refractivity contribution < 1.29 is 14.8 Å². The molecule has 3 N–H and O–H groups in total. The number of nitrogens with one attached hydrogen (secondary N) is 1. The zero-order valence-electron chi connectivity index (χ0n) is 16.6. The number of amides is 1. The number of halogens is 1. The Balaban J connectivity index is 1.70. The van der Waals surface area contributed by atoms with Gasteiger partial charge in [0.25, 0.3) is 5.91 Å². The third kappa shape index (κ3) is 5.59. The number of hydrogen-bond donors (Lipinski definition) is 2. The van der Waals surface area contributed by atoms with Gasteiger partial charge in [-0.05, 0) is 36.2 Å². The first-order chi connectivity index (χ1) is 14.1. The van der Waals surface area contributed by atoms with Gasteiger partial charge in [0.15, 0.2) is 6.54 Å². The van der Waals surface area contributed by atoms with E-state index in [0.717, 1.165) is 27.5 Å². The Hall–Kier alpha value is -2.82. The van der Waals surface area contributed by atoms with E-state index in [9.17, 15) is 4.79 Å². The summed E-state index contributed by atoms with van der Waals surface area (Å²) in [7, 11) is 1.64. The van der Waals surface area contributed by atoms with Crippen LogP contribution in [0.15, 0.2) is 78.9 Å². The topological polar surface area (TPSA) is 54.9 Å². The number of hydrogen-bond acceptors (Lipinski definition) is 2. The van der Waals surface area contributed by atoms with Crippen LogP contribution in [0.3, 0.4) is 0 Å². The molecule has 0 unspecified atom stereocenters. The Bertz CT molecular complexity index is 929. The molecular formula is C24H26ClN2O2+. The number of carbonyl (C=O) groups is 1. The molecule has 0 heterocycles. The van der Waals surface area contributed by atoms with Gasteiger partial charge in [-0.25, -0.2) is 0 Å². The van der Waals surface area contributed by atoms with Crippen LogP contribution in [-0.2, 0) is 4.79 Å². The molecule has 2 atom stereocenters. The molecule has 0 aliphatic heterocycles. The van der Waals surface area contributed by atoms with Crippen molar-refractivity contribution in [3.63, 3.8) is 0 Å². The van der Waals surface area contributed by atoms with E-state index in [1.54, 1.807) is 7.11 Å². The smallest absolute Gasteiger partial charge is 0.275 e. The third-order valence-electron chi connectivity index (χ3n) is 4.94. The summed E-state index contributed by atoms with van der Waals surface area (Å²) in [6, 6.07) is 25.3. The van der Waals surface area contributed by atoms with Gasteiger partial charge < -0.3 is 15.4 Å². The van der Waals surface area contributed by atoms with Gasteiger partial charge in [0.1, 0.15) is 11.8 Å². The lowest BCUT2D eigenvalue weighted by Crippen LogP contribution is -2.87. The molecule has 5 heteroatoms. The van der Waals surface area contributed by atoms with Crippen molar-refractivity contribution in [3.05, 3.63) is 101 Å². The standard InChI is InChI=1S/C24H25ClN2O2/c1-17(21-10-6-7-11-22(21)25)26-16-23(28)27-24(18-8-4-3-5-9-18)19-12-14-20(29-2)15-13-19/h3-15,17,24,26H,16H2,1-2H3,(H,27,28)/p+1/t17-,24+/m0/s1. The third-order valence-corrected chi connectivity index (χ3v) is 5.28. The normalized spacial score (nSPS) is 12.8. The van der Waals surface area contributed by atoms with Gasteiger partial charge in [-0.1, -0.05) is 72.3 Å². The predicted octanol–water partition coefficient (Wildman–Crippen LogP) is 3.88. The van der Waals surface area contributed by atoms with Crippen LogP contribution < -0.4 is 15.4 Å². The number of carbonyl (C=O) groups excluding carboxylic acids is 1. The van der Waals surface area contributed by atoms with Crippen molar-refractivity contribution in [1.29, 1.82) is 0 Å². The van der Waals surface area contributed by atoms with Gasteiger partial charge in [0.05, 0.1) is 13.2 Å². The van der Waals surface area contributed by atoms with Gasteiger partial charge in [-0.2, -0.15) is 0 Å². The van der Waals surface area contributed by atoms with E-state index >= 15 is 0 Å². The first-order valence-corrected chi connectivity index (χ1v) is 10.0. The first kappa shape index (κ1) is 20.9. The van der Waals surface area contributed by atoms with Crippen molar-refractivity contribution in [2.24, 2.45) is 0 Å². The molecule has 0 aliphatic rings. The molecule has 0 bridgehead atoms. The van der Waals surface area contributed by atoms with Gasteiger partial charge in [0.2, 0.25) is 0 Å². The summed E-state index contributed by atoms with van der Waals surface area (Å²) in [5, 5.41) is 5.88. The van der Waals surface area contributed by atoms with Crippen molar-refractivity contribution in [1.82, 2.24) is 5.32 Å². The number of benzene rings is 3. The lowest BCUT2D eigenvalue weighted by molar-refractivity contribution is -0.682. The molecule has 4 nitrogen and oxygen atoms in total. The number of nitrogens with two attached hydrogens (primary N) is 1. The Kier molecular flexibility index (Phi) is 7.28. The molecular weight excluding hydrogens is 384 g/mol. The van der Waals surface area contributed by atoms with Gasteiger partial charge in [0, 0.05) is 10.6 Å². The second-order valence-corrected chi connectivity index (χ2v) is 7.34. The van der Waals surface area contributed by atoms with Crippen LogP contribution in [-0.4, -0.2) is 19.6 Å². The molecule has 3 aromatic carbocycles. The van der Waals surface area contributed by atoms with Gasteiger partial charge in [-0.15, -0.1) is 0 Å². The molecule has 29 heavy (non-hydrogen) atoms. The van der Waals surface area contributed by atoms with E-state index in [2.05, 4.69) is 5.32 Å². The largest absolute Gasteiger partial charge is 0.497 e. The van der Waals surface area contributed by atoms with Crippen LogP contribution >= 0.6 is 11.6 Å². The SMILES string of the molecule is COc1ccc([C@H](NC(=O)C[NH2+][C@@H](C)c2ccccc2Cl)c2ccccc2)cc1. The Morgan fingerprint density at radius 3 is 2.24 bits per heavy atom. The first-order valence-electron chi connectivity index (χ1n) is 9.64. The second-order valence-electron chi connectivity index (χ2n) is 6.93. The van der Waals surface area contributed by atoms with E-state index in [0.29, 0.717) is 6.54 Å². The number of methoxy groups -OCH3 is 1. The summed E-state index contributed by atoms with van der Waals surface area (Å²) in [5.41, 5.74) is 3.06. The van der Waals surface area contributed by atoms with E-state index in [4.69, 9.17) is 16.3 Å². The highest BCUT2D eigenvalue weighted by atomic mass is 35.5. The summed E-state index contributed by atoms with van der Waals surface area (Å²) in [5.74, 6) is 0.752. The monoisotopic (exact) mass is 409 g/mol. The summed E-state index contributed by atoms with van der Waals surface area (Å²) in [6.07, 6.45) is 0. The minimum absolute atomic E-state index is 0.0337. The zero-order valence-corrected chi connectivity index (χ0v) is 17.4. The second kappa shape index (κ2) is 10.1. The van der Waals surface area contributed by atoms with Crippen molar-refractivity contribution in [2.45, 2.75) is 19.0 Å². The molecule has 0 radical (unpaired) electrons. The molecule has 0 aromatic heterocycles. The fraction of sp³-hybridized carbons (Fsp3) is 0.208. The van der Waals surface area contributed by atoms with Crippen LogP contribution in [0.2, 0.25) is 5.02 Å². The van der Waals surface area contributed by atoms with Gasteiger partial charge >= 0.3 is 0 Å². The summed E-state index contributed by atoms with van der Waals surface area (Å²) >= 11 is 6.27. The number of rotatable bonds is 8. The Labute approximate surface area is 176 Å². The quantitative estimate of drug-likeness (QED) is 0.593. The maximum atomic E-state index is 12.7. The van der Waals surface area contributed by atoms with E-state index in [1.165, 1.54) is 0 Å². The van der Waals surface area contributed by atoms with Crippen molar-refractivity contribution >= 4 is 17.5 Å². The zero-order chi connectivity index (χ0) is 20.6. The highest BCUT2D eigenvalue weighted by Gasteiger charge is 2.19. The van der Waals surface area contributed by atoms with Crippen LogP contribution in [0, 0.1) is 0 Å². The molecule has 0 saturated carbocycles. The van der Waals surface area contributed by atoms with Crippen molar-refractivity contribution in [2.75, 3.05) is 13.7 Å². The minimum atomic E-state index is -0.223. The highest BCUT2D eigenvalue weighted by Crippen LogP contribution is 2.24. The summed E-state index contributed by atoms with van der Waals surface area (Å²) < 4.78 is 5.25. The summed E-state index contributed by atoms with van der Waals surface area (Å²) in [6.45, 7) is 2.36. The average Bonchev–Trinajstić information content (AvgIpc) is 2.77. The molecule has 0 spiro atoms. The molecule has 0 fully saturated rings. The lowest BCUT2D eigenvalue weighted by atomic mass is 9.98. The minimum Gasteiger partial charge on any atom is -0.497 e. The fourth-order valence-corrected chi connectivity index (χ4v) is 3.58. The molecule has 150 valence electrons. The van der Waals surface area contributed by atoms with Crippen LogP contribution in [0.5, 0.6) is 5.75 Å². The summed E-state index contributed by atoms with van der Waals surface area (Å²) in [4.78, 5) is 12.7. The Morgan fingerprint density at radius 1 is 0.966 bits per heavy atom. The van der Waals surface area contributed by atoms with Crippen LogP contribution in [0.1, 0.15) is 35.7 Å². The van der Waals surface area contributed by atoms with E-state index < -0.39 is 0 Å². The Morgan fingerprint density at radius 2 is 1.59 bits per heavy atom. The van der Waals surface area contributed by atoms with E-state index in [-0.39, 0.29) is 18.0 Å². The van der Waals surface area contributed by atoms with Crippen LogP contribution in [0.25, 0.3) is 0 Å². The molecule has 3 rings (SSSR count). The highest BCUT2D eigenvalue weighted by molar-refractivity contribution is 6.31. The predicted molar refractivity (Wildman–Crippen MR) is 116 cm³/mol. The van der Waals surface area contributed by atoms with Gasteiger partial charge in [-0.3, -0.25) is 4.79 Å². The lowest BCUT2D eigenvalue weighted by Gasteiger charge is -2.20. The molecule has 1 amide bonds. The molecule has 0 aliphatic carbocycles. The molecule has 3 aromatic rings. The maximum Gasteiger partial charge on any atom is 0.275 e. The molecule has 0 saturated heterocycles. The number of quaternary nitrogens is 1. The number of ether oxygens (including phenoxy) is 1. The van der Waals surface area contributed by atoms with Crippen molar-refractivity contribution in [3.8, 4) is 5.75 Å². The fourth-order valence-electron chi connectivity index (χ4n) is 3.28. The van der Waals surface area contributed by atoms with Crippen LogP contribution in [0.4, 0.5) is 0 Å². The maximum absolute atomic E-state index is 12.7.